The second kappa shape index (κ2) is 33.3. The summed E-state index contributed by atoms with van der Waals surface area (Å²) < 4.78 is 11.8. The maximum absolute atomic E-state index is 13.3. The molecule has 0 saturated carbocycles. The smallest absolute Gasteiger partial charge is 0.309 e. The average molecular weight is 624 g/mol. The Kier molecular flexibility index (Phi) is 32.4. The molecule has 0 aromatic heterocycles. The van der Waals surface area contributed by atoms with Gasteiger partial charge in [0, 0.05) is 6.42 Å². The van der Waals surface area contributed by atoms with E-state index in [1.54, 1.807) is 0 Å². The van der Waals surface area contributed by atoms with Crippen LogP contribution in [0.4, 0.5) is 0 Å². The number of ether oxygens (including phenoxy) is 2. The molecule has 262 valence electrons. The number of hydrogen-bond acceptors (Lipinski definition) is 5. The van der Waals surface area contributed by atoms with Crippen molar-refractivity contribution in [1.29, 1.82) is 0 Å². The molecular formula is C39H77NO4. The monoisotopic (exact) mass is 624 g/mol. The van der Waals surface area contributed by atoms with Gasteiger partial charge < -0.3 is 14.4 Å². The van der Waals surface area contributed by atoms with Crippen LogP contribution >= 0.6 is 0 Å². The molecule has 0 aromatic carbocycles. The highest BCUT2D eigenvalue weighted by atomic mass is 16.6. The number of esters is 2. The zero-order chi connectivity index (χ0) is 32.5. The van der Waals surface area contributed by atoms with E-state index < -0.39 is 0 Å². The first-order valence-electron chi connectivity index (χ1n) is 19.4. The molecule has 0 amide bonds. The van der Waals surface area contributed by atoms with Gasteiger partial charge in [-0.3, -0.25) is 9.59 Å². The molecule has 0 aliphatic rings. The van der Waals surface area contributed by atoms with Crippen LogP contribution in [0.25, 0.3) is 0 Å². The van der Waals surface area contributed by atoms with Gasteiger partial charge in [-0.2, -0.15) is 0 Å². The summed E-state index contributed by atoms with van der Waals surface area (Å²) in [6.45, 7) is 7.94. The molecule has 0 saturated heterocycles. The van der Waals surface area contributed by atoms with E-state index in [0.717, 1.165) is 64.3 Å². The van der Waals surface area contributed by atoms with Gasteiger partial charge in [-0.05, 0) is 59.2 Å². The maximum atomic E-state index is 13.3. The molecule has 0 radical (unpaired) electrons. The third-order valence-electron chi connectivity index (χ3n) is 8.97. The molecule has 0 aliphatic heterocycles. The highest BCUT2D eigenvalue weighted by Gasteiger charge is 2.22. The summed E-state index contributed by atoms with van der Waals surface area (Å²) in [4.78, 5) is 28.1. The van der Waals surface area contributed by atoms with Crippen LogP contribution in [0.5, 0.6) is 0 Å². The fourth-order valence-corrected chi connectivity index (χ4v) is 5.99. The van der Waals surface area contributed by atoms with Crippen molar-refractivity contribution < 1.29 is 19.1 Å². The molecule has 5 heteroatoms. The number of unbranched alkanes of at least 4 members (excludes halogenated alkanes) is 20. The van der Waals surface area contributed by atoms with E-state index in [2.05, 4.69) is 39.8 Å². The van der Waals surface area contributed by atoms with Crippen molar-refractivity contribution in [3.05, 3.63) is 0 Å². The summed E-state index contributed by atoms with van der Waals surface area (Å²) in [5.41, 5.74) is 0. The topological polar surface area (TPSA) is 55.8 Å². The van der Waals surface area contributed by atoms with Crippen molar-refractivity contribution >= 4 is 11.9 Å². The number of nitrogens with zero attached hydrogens (tertiary/aromatic N) is 1. The minimum absolute atomic E-state index is 0.0210. The average Bonchev–Trinajstić information content (AvgIpc) is 3.00. The van der Waals surface area contributed by atoms with E-state index in [0.29, 0.717) is 6.42 Å². The second-order valence-corrected chi connectivity index (χ2v) is 13.8. The van der Waals surface area contributed by atoms with Gasteiger partial charge in [0.15, 0.2) is 0 Å². The molecule has 0 N–H and O–H groups in total. The van der Waals surface area contributed by atoms with Gasteiger partial charge in [-0.1, -0.05) is 156 Å². The van der Waals surface area contributed by atoms with Gasteiger partial charge in [0.05, 0.1) is 5.92 Å². The fraction of sp³-hybridized carbons (Fsp3) is 0.949. The van der Waals surface area contributed by atoms with E-state index in [1.165, 1.54) is 116 Å². The Labute approximate surface area is 275 Å². The molecule has 1 atom stereocenters. The normalized spacial score (nSPS) is 12.2. The molecule has 44 heavy (non-hydrogen) atoms. The van der Waals surface area contributed by atoms with Gasteiger partial charge in [0.2, 0.25) is 0 Å². The lowest BCUT2D eigenvalue weighted by Gasteiger charge is -2.21. The Morgan fingerprint density at radius 2 is 0.932 bits per heavy atom. The quantitative estimate of drug-likeness (QED) is 0.0527. The zero-order valence-corrected chi connectivity index (χ0v) is 30.4. The third kappa shape index (κ3) is 29.6. The van der Waals surface area contributed by atoms with Crippen molar-refractivity contribution in [2.45, 2.75) is 207 Å². The Balaban J connectivity index is 4.71. The summed E-state index contributed by atoms with van der Waals surface area (Å²) in [6, 6.07) is 0. The van der Waals surface area contributed by atoms with Crippen LogP contribution < -0.4 is 0 Å². The summed E-state index contributed by atoms with van der Waals surface area (Å²) in [5, 5.41) is 0. The molecule has 0 heterocycles. The predicted molar refractivity (Wildman–Crippen MR) is 189 cm³/mol. The molecule has 0 bridgehead atoms. The van der Waals surface area contributed by atoms with Crippen LogP contribution in [0.1, 0.15) is 201 Å². The van der Waals surface area contributed by atoms with Gasteiger partial charge in [-0.25, -0.2) is 0 Å². The lowest BCUT2D eigenvalue weighted by Crippen LogP contribution is -2.28. The molecule has 0 rings (SSSR count). The Hall–Kier alpha value is -1.10. The summed E-state index contributed by atoms with van der Waals surface area (Å²) >= 11 is 0. The van der Waals surface area contributed by atoms with E-state index in [9.17, 15) is 9.59 Å². The summed E-state index contributed by atoms with van der Waals surface area (Å²) in [6.07, 6.45) is 32.3. The van der Waals surface area contributed by atoms with Gasteiger partial charge in [-0.15, -0.1) is 0 Å². The lowest BCUT2D eigenvalue weighted by molar-refractivity contribution is -0.162. The van der Waals surface area contributed by atoms with Crippen LogP contribution in [0.2, 0.25) is 0 Å². The van der Waals surface area contributed by atoms with Crippen LogP contribution in [-0.2, 0) is 19.1 Å². The van der Waals surface area contributed by atoms with Crippen LogP contribution in [-0.4, -0.2) is 50.2 Å². The van der Waals surface area contributed by atoms with Gasteiger partial charge >= 0.3 is 11.9 Å². The van der Waals surface area contributed by atoms with Crippen LogP contribution in [0.3, 0.4) is 0 Å². The van der Waals surface area contributed by atoms with Gasteiger partial charge in [0.25, 0.3) is 0 Å². The minimum Gasteiger partial charge on any atom is -0.462 e. The van der Waals surface area contributed by atoms with Crippen molar-refractivity contribution in [2.75, 3.05) is 27.2 Å². The van der Waals surface area contributed by atoms with Crippen molar-refractivity contribution in [3.8, 4) is 0 Å². The first-order chi connectivity index (χ1) is 21.4. The zero-order valence-electron chi connectivity index (χ0n) is 30.4. The number of hydrogen-bond donors (Lipinski definition) is 0. The number of carbonyl (C=O) groups is 2. The SMILES string of the molecule is CCCCCCCCCCCCCCC(COC(=O)C(CCCCCCC)CCCCCCC)OC(=O)CCCCN(C)C. The fourth-order valence-electron chi connectivity index (χ4n) is 5.99. The van der Waals surface area contributed by atoms with E-state index in [4.69, 9.17) is 9.47 Å². The molecule has 0 aliphatic carbocycles. The third-order valence-corrected chi connectivity index (χ3v) is 8.97. The highest BCUT2D eigenvalue weighted by Crippen LogP contribution is 2.22. The maximum Gasteiger partial charge on any atom is 0.309 e. The Morgan fingerprint density at radius 1 is 0.523 bits per heavy atom. The predicted octanol–water partition coefficient (Wildman–Crippen LogP) is 11.6. The lowest BCUT2D eigenvalue weighted by atomic mass is 9.94. The second-order valence-electron chi connectivity index (χ2n) is 13.8. The largest absolute Gasteiger partial charge is 0.462 e. The Morgan fingerprint density at radius 3 is 1.36 bits per heavy atom. The molecule has 0 spiro atoms. The highest BCUT2D eigenvalue weighted by molar-refractivity contribution is 5.72. The van der Waals surface area contributed by atoms with E-state index >= 15 is 0 Å². The molecule has 5 nitrogen and oxygen atoms in total. The summed E-state index contributed by atoms with van der Waals surface area (Å²) in [7, 11) is 4.11. The van der Waals surface area contributed by atoms with Gasteiger partial charge in [0.1, 0.15) is 12.7 Å². The van der Waals surface area contributed by atoms with E-state index in [1.807, 2.05) is 0 Å². The van der Waals surface area contributed by atoms with Crippen molar-refractivity contribution in [1.82, 2.24) is 4.90 Å². The molecule has 1 unspecified atom stereocenters. The molecule has 0 aromatic rings. The first-order valence-corrected chi connectivity index (χ1v) is 19.4. The van der Waals surface area contributed by atoms with Crippen LogP contribution in [0, 0.1) is 5.92 Å². The van der Waals surface area contributed by atoms with E-state index in [-0.39, 0.29) is 30.6 Å². The standard InChI is InChI=1S/C39H77NO4/c1-6-9-12-15-16-17-18-19-20-21-24-27-32-37(44-38(41)33-28-29-34-40(4)5)35-43-39(42)36(30-25-22-13-10-7-2)31-26-23-14-11-8-3/h36-37H,6-35H2,1-5H3. The van der Waals surface area contributed by atoms with Crippen LogP contribution in [0.15, 0.2) is 0 Å². The molecular weight excluding hydrogens is 546 g/mol. The minimum atomic E-state index is -0.321. The molecule has 0 fully saturated rings. The number of rotatable bonds is 34. The summed E-state index contributed by atoms with van der Waals surface area (Å²) in [5.74, 6) is -0.239. The Bertz CT molecular complexity index is 609. The van der Waals surface area contributed by atoms with Crippen molar-refractivity contribution in [3.63, 3.8) is 0 Å². The first kappa shape index (κ1) is 42.9. The number of carbonyl (C=O) groups excluding carboxylic acids is 2. The van der Waals surface area contributed by atoms with Crippen molar-refractivity contribution in [2.24, 2.45) is 5.92 Å².